The molecule has 1 fully saturated rings. The van der Waals surface area contributed by atoms with Crippen LogP contribution >= 0.6 is 0 Å². The van der Waals surface area contributed by atoms with Crippen LogP contribution in [0, 0.1) is 5.41 Å². The number of halogens is 3. The second kappa shape index (κ2) is 6.22. The van der Waals surface area contributed by atoms with Gasteiger partial charge in [0.05, 0.1) is 11.0 Å². The fourth-order valence-electron chi connectivity index (χ4n) is 2.70. The first-order valence-electron chi connectivity index (χ1n) is 7.27. The minimum atomic E-state index is -4.43. The van der Waals surface area contributed by atoms with Crippen LogP contribution in [0.4, 0.5) is 13.2 Å². The van der Waals surface area contributed by atoms with E-state index < -0.39 is 23.1 Å². The maximum Gasteiger partial charge on any atom is 0.416 e. The summed E-state index contributed by atoms with van der Waals surface area (Å²) in [7, 11) is 1.47. The molecule has 1 aliphatic carbocycles. The lowest BCUT2D eigenvalue weighted by molar-refractivity contribution is -0.159. The molecule has 1 amide bonds. The van der Waals surface area contributed by atoms with Gasteiger partial charge in [-0.1, -0.05) is 18.6 Å². The number of rotatable bonds is 5. The molecular weight excluding hydrogens is 311 g/mol. The number of hydrogen-bond donors (Lipinski definition) is 1. The summed E-state index contributed by atoms with van der Waals surface area (Å²) in [6.45, 7) is 0.0124. The molecule has 0 heterocycles. The Balaban J connectivity index is 2.03. The van der Waals surface area contributed by atoms with Crippen LogP contribution in [0.2, 0.25) is 0 Å². The molecule has 126 valence electrons. The van der Waals surface area contributed by atoms with Gasteiger partial charge in [-0.3, -0.25) is 9.59 Å². The van der Waals surface area contributed by atoms with Gasteiger partial charge in [0.25, 0.3) is 0 Å². The molecule has 1 N–H and O–H groups in total. The lowest BCUT2D eigenvalue weighted by Crippen LogP contribution is -2.42. The fraction of sp³-hybridized carbons (Fsp3) is 0.500. The Bertz CT molecular complexity index is 609. The predicted molar refractivity (Wildman–Crippen MR) is 76.5 cm³/mol. The maximum atomic E-state index is 12.7. The standard InChI is InChI=1S/C16H18F3NO3/c1-20(13(21)9-15(14(22)23)6-3-7-15)10-11-4-2-5-12(8-11)16(17,18)19/h2,4-5,8H,3,6-7,9-10H2,1H3,(H,22,23). The lowest BCUT2D eigenvalue weighted by Gasteiger charge is -2.38. The SMILES string of the molecule is CN(Cc1cccc(C(F)(F)F)c1)C(=O)CC1(C(=O)O)CCC1. The summed E-state index contributed by atoms with van der Waals surface area (Å²) in [5.74, 6) is -1.35. The number of carboxylic acids is 1. The molecule has 1 aliphatic rings. The number of carbonyl (C=O) groups excluding carboxylic acids is 1. The monoisotopic (exact) mass is 329 g/mol. The number of benzene rings is 1. The molecule has 0 aliphatic heterocycles. The van der Waals surface area contributed by atoms with Crippen LogP contribution in [0.15, 0.2) is 24.3 Å². The number of aliphatic carboxylic acids is 1. The van der Waals surface area contributed by atoms with Crippen LogP contribution in [0.5, 0.6) is 0 Å². The average molecular weight is 329 g/mol. The summed E-state index contributed by atoms with van der Waals surface area (Å²) in [5.41, 5.74) is -1.41. The number of hydrogen-bond acceptors (Lipinski definition) is 2. The zero-order valence-corrected chi connectivity index (χ0v) is 12.7. The van der Waals surface area contributed by atoms with E-state index in [2.05, 4.69) is 0 Å². The van der Waals surface area contributed by atoms with Crippen molar-refractivity contribution in [2.24, 2.45) is 5.41 Å². The van der Waals surface area contributed by atoms with Gasteiger partial charge in [-0.2, -0.15) is 13.2 Å². The average Bonchev–Trinajstić information content (AvgIpc) is 2.41. The Labute approximate surface area is 131 Å². The quantitative estimate of drug-likeness (QED) is 0.902. The van der Waals surface area contributed by atoms with E-state index >= 15 is 0 Å². The maximum absolute atomic E-state index is 12.7. The van der Waals surface area contributed by atoms with Crippen molar-refractivity contribution in [2.75, 3.05) is 7.05 Å². The first kappa shape index (κ1) is 17.3. The van der Waals surface area contributed by atoms with E-state index in [1.807, 2.05) is 0 Å². The lowest BCUT2D eigenvalue weighted by atomic mass is 9.66. The zero-order valence-electron chi connectivity index (χ0n) is 12.7. The highest BCUT2D eigenvalue weighted by Gasteiger charge is 2.46. The highest BCUT2D eigenvalue weighted by molar-refractivity contribution is 5.85. The smallest absolute Gasteiger partial charge is 0.416 e. The molecule has 7 heteroatoms. The normalized spacial score (nSPS) is 16.5. The van der Waals surface area contributed by atoms with Gasteiger partial charge in [0.1, 0.15) is 0 Å². The van der Waals surface area contributed by atoms with Gasteiger partial charge >= 0.3 is 12.1 Å². The van der Waals surface area contributed by atoms with Crippen LogP contribution in [0.3, 0.4) is 0 Å². The van der Waals surface area contributed by atoms with Gasteiger partial charge in [0.15, 0.2) is 0 Å². The third-order valence-electron chi connectivity index (χ3n) is 4.35. The third-order valence-corrected chi connectivity index (χ3v) is 4.35. The molecule has 2 rings (SSSR count). The van der Waals surface area contributed by atoms with Crippen LogP contribution in [0.25, 0.3) is 0 Å². The molecule has 23 heavy (non-hydrogen) atoms. The Morgan fingerprint density at radius 3 is 2.43 bits per heavy atom. The number of nitrogens with zero attached hydrogens (tertiary/aromatic N) is 1. The van der Waals surface area contributed by atoms with Gasteiger partial charge in [-0.15, -0.1) is 0 Å². The van der Waals surface area contributed by atoms with Crippen molar-refractivity contribution in [1.82, 2.24) is 4.90 Å². The van der Waals surface area contributed by atoms with E-state index in [0.717, 1.165) is 18.6 Å². The van der Waals surface area contributed by atoms with E-state index in [1.165, 1.54) is 24.1 Å². The van der Waals surface area contributed by atoms with E-state index in [9.17, 15) is 27.9 Å². The molecule has 0 radical (unpaired) electrons. The second-order valence-electron chi connectivity index (χ2n) is 6.06. The van der Waals surface area contributed by atoms with Crippen LogP contribution in [0.1, 0.15) is 36.8 Å². The fourth-order valence-corrected chi connectivity index (χ4v) is 2.70. The summed E-state index contributed by atoms with van der Waals surface area (Å²) in [5, 5.41) is 9.23. The largest absolute Gasteiger partial charge is 0.481 e. The van der Waals surface area contributed by atoms with Gasteiger partial charge in [-0.05, 0) is 30.5 Å². The predicted octanol–water partition coefficient (Wildman–Crippen LogP) is 3.31. The van der Waals surface area contributed by atoms with Crippen molar-refractivity contribution in [1.29, 1.82) is 0 Å². The van der Waals surface area contributed by atoms with Crippen LogP contribution in [-0.4, -0.2) is 28.9 Å². The summed E-state index contributed by atoms with van der Waals surface area (Å²) in [4.78, 5) is 24.7. The van der Waals surface area contributed by atoms with Gasteiger partial charge in [-0.25, -0.2) is 0 Å². The van der Waals surface area contributed by atoms with Crippen molar-refractivity contribution >= 4 is 11.9 Å². The molecule has 0 atom stereocenters. The van der Waals surface area contributed by atoms with Crippen molar-refractivity contribution in [3.63, 3.8) is 0 Å². The topological polar surface area (TPSA) is 57.6 Å². The van der Waals surface area contributed by atoms with E-state index in [1.54, 1.807) is 0 Å². The van der Waals surface area contributed by atoms with Crippen molar-refractivity contribution in [3.8, 4) is 0 Å². The minimum absolute atomic E-state index is 0.0124. The summed E-state index contributed by atoms with van der Waals surface area (Å²) >= 11 is 0. The molecule has 4 nitrogen and oxygen atoms in total. The van der Waals surface area contributed by atoms with E-state index in [-0.39, 0.29) is 18.9 Å². The molecule has 1 aromatic carbocycles. The summed E-state index contributed by atoms with van der Waals surface area (Å²) in [6.07, 6.45) is -2.84. The van der Waals surface area contributed by atoms with Gasteiger partial charge < -0.3 is 10.0 Å². The number of amides is 1. The Morgan fingerprint density at radius 1 is 1.30 bits per heavy atom. The molecular formula is C16H18F3NO3. The molecule has 0 saturated heterocycles. The molecule has 0 aromatic heterocycles. The number of carbonyl (C=O) groups is 2. The highest BCUT2D eigenvalue weighted by Crippen LogP contribution is 2.44. The Hall–Kier alpha value is -2.05. The number of alkyl halides is 3. The highest BCUT2D eigenvalue weighted by atomic mass is 19.4. The molecule has 1 saturated carbocycles. The van der Waals surface area contributed by atoms with Gasteiger partial charge in [0.2, 0.25) is 5.91 Å². The van der Waals surface area contributed by atoms with E-state index in [4.69, 9.17) is 0 Å². The third kappa shape index (κ3) is 3.83. The summed E-state index contributed by atoms with van der Waals surface area (Å²) < 4.78 is 38.0. The van der Waals surface area contributed by atoms with Crippen molar-refractivity contribution < 1.29 is 27.9 Å². The van der Waals surface area contributed by atoms with Crippen LogP contribution in [-0.2, 0) is 22.3 Å². The van der Waals surface area contributed by atoms with E-state index in [0.29, 0.717) is 18.4 Å². The van der Waals surface area contributed by atoms with Crippen molar-refractivity contribution in [3.05, 3.63) is 35.4 Å². The second-order valence-corrected chi connectivity index (χ2v) is 6.06. The van der Waals surface area contributed by atoms with Crippen LogP contribution < -0.4 is 0 Å². The zero-order chi connectivity index (χ0) is 17.3. The minimum Gasteiger partial charge on any atom is -0.481 e. The Kier molecular flexibility index (Phi) is 4.68. The number of carboxylic acid groups (broad SMARTS) is 1. The van der Waals surface area contributed by atoms with Gasteiger partial charge in [0, 0.05) is 20.0 Å². The van der Waals surface area contributed by atoms with Crippen molar-refractivity contribution in [2.45, 2.75) is 38.4 Å². The molecule has 0 spiro atoms. The molecule has 0 bridgehead atoms. The first-order chi connectivity index (χ1) is 10.6. The first-order valence-corrected chi connectivity index (χ1v) is 7.27. The molecule has 1 aromatic rings. The summed E-state index contributed by atoms with van der Waals surface area (Å²) in [6, 6.07) is 4.77. The molecule has 0 unspecified atom stereocenters. The Morgan fingerprint density at radius 2 is 1.96 bits per heavy atom.